The van der Waals surface area contributed by atoms with Crippen molar-refractivity contribution in [3.8, 4) is 0 Å². The minimum absolute atomic E-state index is 0.0743. The van der Waals surface area contributed by atoms with Crippen LogP contribution >= 0.6 is 0 Å². The van der Waals surface area contributed by atoms with Crippen LogP contribution in [0.15, 0.2) is 0 Å². The van der Waals surface area contributed by atoms with Gasteiger partial charge in [-0.15, -0.1) is 0 Å². The third-order valence-corrected chi connectivity index (χ3v) is 4.47. The van der Waals surface area contributed by atoms with Gasteiger partial charge in [-0.3, -0.25) is 9.59 Å². The molecule has 0 aliphatic heterocycles. The van der Waals surface area contributed by atoms with Gasteiger partial charge in [-0.1, -0.05) is 13.8 Å². The van der Waals surface area contributed by atoms with Gasteiger partial charge in [-0.2, -0.15) is 0 Å². The van der Waals surface area contributed by atoms with Crippen LogP contribution in [0.25, 0.3) is 0 Å². The Labute approximate surface area is 139 Å². The Bertz CT molecular complexity index is 349. The molecule has 6 nitrogen and oxygen atoms in total. The molecule has 0 aromatic heterocycles. The third-order valence-electron chi connectivity index (χ3n) is 4.47. The molecular formula is C17H31NO5. The molecule has 134 valence electrons. The molecule has 0 unspecified atom stereocenters. The van der Waals surface area contributed by atoms with Gasteiger partial charge in [0, 0.05) is 13.7 Å². The highest BCUT2D eigenvalue weighted by molar-refractivity contribution is 5.75. The molecule has 0 saturated heterocycles. The molecular weight excluding hydrogens is 298 g/mol. The van der Waals surface area contributed by atoms with E-state index in [0.717, 1.165) is 19.6 Å². The van der Waals surface area contributed by atoms with E-state index < -0.39 is 0 Å². The van der Waals surface area contributed by atoms with Crippen molar-refractivity contribution in [1.82, 2.24) is 4.90 Å². The van der Waals surface area contributed by atoms with Crippen LogP contribution in [0.1, 0.15) is 39.5 Å². The van der Waals surface area contributed by atoms with E-state index in [1.54, 1.807) is 7.11 Å². The van der Waals surface area contributed by atoms with Crippen molar-refractivity contribution >= 4 is 11.9 Å². The van der Waals surface area contributed by atoms with Gasteiger partial charge >= 0.3 is 11.9 Å². The maximum Gasteiger partial charge on any atom is 0.309 e. The molecule has 0 heterocycles. The summed E-state index contributed by atoms with van der Waals surface area (Å²) in [5, 5.41) is 0. The van der Waals surface area contributed by atoms with E-state index in [-0.39, 0.29) is 23.8 Å². The van der Waals surface area contributed by atoms with Crippen LogP contribution in [0, 0.1) is 11.8 Å². The second kappa shape index (κ2) is 11.4. The van der Waals surface area contributed by atoms with Crippen LogP contribution in [0.3, 0.4) is 0 Å². The van der Waals surface area contributed by atoms with Gasteiger partial charge in [-0.05, 0) is 38.8 Å². The van der Waals surface area contributed by atoms with Crippen LogP contribution in [-0.2, 0) is 23.8 Å². The highest BCUT2D eigenvalue weighted by Crippen LogP contribution is 2.30. The van der Waals surface area contributed by atoms with Gasteiger partial charge < -0.3 is 19.1 Å². The Morgan fingerprint density at radius 1 is 0.870 bits per heavy atom. The molecule has 0 amide bonds. The van der Waals surface area contributed by atoms with Crippen molar-refractivity contribution in [3.05, 3.63) is 0 Å². The van der Waals surface area contributed by atoms with Gasteiger partial charge in [0.05, 0.1) is 18.4 Å². The number of hydrogen-bond acceptors (Lipinski definition) is 6. The Kier molecular flexibility index (Phi) is 9.87. The average Bonchev–Trinajstić information content (AvgIpc) is 2.59. The minimum atomic E-state index is -0.171. The molecule has 0 aromatic carbocycles. The fourth-order valence-electron chi connectivity index (χ4n) is 2.84. The zero-order chi connectivity index (χ0) is 17.1. The first kappa shape index (κ1) is 19.9. The number of methoxy groups -OCH3 is 1. The number of rotatable bonds is 10. The summed E-state index contributed by atoms with van der Waals surface area (Å²) in [5.41, 5.74) is 0. The zero-order valence-electron chi connectivity index (χ0n) is 14.7. The first-order valence-corrected chi connectivity index (χ1v) is 8.66. The SMILES string of the molecule is CCN(CC)CCOC(=O)C1CCC(C(=O)OCCOC)CC1. The van der Waals surface area contributed by atoms with E-state index in [2.05, 4.69) is 18.7 Å². The Morgan fingerprint density at radius 2 is 1.35 bits per heavy atom. The van der Waals surface area contributed by atoms with Gasteiger partial charge in [0.1, 0.15) is 13.2 Å². The van der Waals surface area contributed by atoms with Crippen LogP contribution in [0.5, 0.6) is 0 Å². The van der Waals surface area contributed by atoms with Crippen LogP contribution in [0.2, 0.25) is 0 Å². The molecule has 1 aliphatic rings. The number of carbonyl (C=O) groups is 2. The van der Waals surface area contributed by atoms with E-state index in [0.29, 0.717) is 45.5 Å². The molecule has 1 rings (SSSR count). The number of carbonyl (C=O) groups excluding carboxylic acids is 2. The standard InChI is InChI=1S/C17H31NO5/c1-4-18(5-2)10-11-22-16(19)14-6-8-15(9-7-14)17(20)23-13-12-21-3/h14-15H,4-13H2,1-3H3. The first-order chi connectivity index (χ1) is 11.1. The first-order valence-electron chi connectivity index (χ1n) is 8.66. The van der Waals surface area contributed by atoms with E-state index in [4.69, 9.17) is 14.2 Å². The Balaban J connectivity index is 2.21. The van der Waals surface area contributed by atoms with E-state index in [1.807, 2.05) is 0 Å². The summed E-state index contributed by atoms with van der Waals surface area (Å²) >= 11 is 0. The van der Waals surface area contributed by atoms with Gasteiger partial charge in [0.2, 0.25) is 0 Å². The molecule has 0 aromatic rings. The van der Waals surface area contributed by atoms with Crippen molar-refractivity contribution in [2.24, 2.45) is 11.8 Å². The van der Waals surface area contributed by atoms with E-state index in [9.17, 15) is 9.59 Å². The lowest BCUT2D eigenvalue weighted by Crippen LogP contribution is -2.31. The van der Waals surface area contributed by atoms with Crippen molar-refractivity contribution in [3.63, 3.8) is 0 Å². The summed E-state index contributed by atoms with van der Waals surface area (Å²) in [6.07, 6.45) is 2.80. The fraction of sp³-hybridized carbons (Fsp3) is 0.882. The highest BCUT2D eigenvalue weighted by atomic mass is 16.6. The molecule has 0 radical (unpaired) electrons. The van der Waals surface area contributed by atoms with Crippen molar-refractivity contribution in [2.75, 3.05) is 46.6 Å². The second-order valence-corrected chi connectivity index (χ2v) is 5.90. The van der Waals surface area contributed by atoms with Gasteiger partial charge in [0.15, 0.2) is 0 Å². The molecule has 0 bridgehead atoms. The van der Waals surface area contributed by atoms with Crippen molar-refractivity contribution in [1.29, 1.82) is 0 Å². The number of ether oxygens (including phenoxy) is 3. The van der Waals surface area contributed by atoms with Crippen LogP contribution < -0.4 is 0 Å². The fourth-order valence-corrected chi connectivity index (χ4v) is 2.84. The number of nitrogens with zero attached hydrogens (tertiary/aromatic N) is 1. The lowest BCUT2D eigenvalue weighted by atomic mass is 9.82. The quantitative estimate of drug-likeness (QED) is 0.450. The summed E-state index contributed by atoms with van der Waals surface area (Å²) in [5.74, 6) is -0.458. The van der Waals surface area contributed by atoms with E-state index >= 15 is 0 Å². The van der Waals surface area contributed by atoms with E-state index in [1.165, 1.54) is 0 Å². The topological polar surface area (TPSA) is 65.1 Å². The smallest absolute Gasteiger partial charge is 0.309 e. The molecule has 1 aliphatic carbocycles. The summed E-state index contributed by atoms with van der Waals surface area (Å²) < 4.78 is 15.4. The van der Waals surface area contributed by atoms with Crippen molar-refractivity contribution in [2.45, 2.75) is 39.5 Å². The Hall–Kier alpha value is -1.14. The maximum atomic E-state index is 12.1. The summed E-state index contributed by atoms with van der Waals surface area (Å²) in [7, 11) is 1.57. The summed E-state index contributed by atoms with van der Waals surface area (Å²) in [6, 6.07) is 0. The van der Waals surface area contributed by atoms with Crippen molar-refractivity contribution < 1.29 is 23.8 Å². The normalized spacial score (nSPS) is 21.2. The Morgan fingerprint density at radius 3 is 1.78 bits per heavy atom. The van der Waals surface area contributed by atoms with Crippen LogP contribution in [-0.4, -0.2) is 63.4 Å². The molecule has 0 atom stereocenters. The predicted octanol–water partition coefficient (Wildman–Crippen LogP) is 1.87. The summed E-state index contributed by atoms with van der Waals surface area (Å²) in [4.78, 5) is 26.2. The lowest BCUT2D eigenvalue weighted by Gasteiger charge is -2.26. The molecule has 0 spiro atoms. The molecule has 1 fully saturated rings. The zero-order valence-corrected chi connectivity index (χ0v) is 14.7. The highest BCUT2D eigenvalue weighted by Gasteiger charge is 2.31. The number of likely N-dealkylation sites (N-methyl/N-ethyl adjacent to an activating group) is 1. The number of esters is 2. The predicted molar refractivity (Wildman–Crippen MR) is 87.0 cm³/mol. The van der Waals surface area contributed by atoms with Gasteiger partial charge in [-0.25, -0.2) is 0 Å². The largest absolute Gasteiger partial charge is 0.464 e. The molecule has 6 heteroatoms. The summed E-state index contributed by atoms with van der Waals surface area (Å²) in [6.45, 7) is 8.05. The van der Waals surface area contributed by atoms with Gasteiger partial charge in [0.25, 0.3) is 0 Å². The molecule has 23 heavy (non-hydrogen) atoms. The van der Waals surface area contributed by atoms with Crippen LogP contribution in [0.4, 0.5) is 0 Å². The monoisotopic (exact) mass is 329 g/mol. The second-order valence-electron chi connectivity index (χ2n) is 5.90. The minimum Gasteiger partial charge on any atom is -0.464 e. The number of hydrogen-bond donors (Lipinski definition) is 0. The average molecular weight is 329 g/mol. The lowest BCUT2D eigenvalue weighted by molar-refractivity contribution is -0.156. The molecule has 1 saturated carbocycles. The molecule has 0 N–H and O–H groups in total. The maximum absolute atomic E-state index is 12.1. The third kappa shape index (κ3) is 7.31.